The topological polar surface area (TPSA) is 138 Å². The van der Waals surface area contributed by atoms with Crippen LogP contribution < -0.4 is 16.0 Å². The highest BCUT2D eigenvalue weighted by Crippen LogP contribution is 2.37. The van der Waals surface area contributed by atoms with Gasteiger partial charge in [-0.15, -0.1) is 0 Å². The Hall–Kier alpha value is -5.00. The number of fused-ring (bicyclic) bond motifs is 1. The maximum absolute atomic E-state index is 13.5. The molecule has 2 aromatic heterocycles. The van der Waals surface area contributed by atoms with Gasteiger partial charge in [0.05, 0.1) is 23.7 Å². The van der Waals surface area contributed by atoms with E-state index < -0.39 is 17.7 Å². The van der Waals surface area contributed by atoms with Gasteiger partial charge in [0, 0.05) is 26.7 Å². The first-order chi connectivity index (χ1) is 22.5. The number of aliphatic hydroxyl groups excluding tert-OH is 1. The van der Waals surface area contributed by atoms with E-state index >= 15 is 0 Å². The molecule has 1 atom stereocenters. The number of rotatable bonds is 10. The summed E-state index contributed by atoms with van der Waals surface area (Å²) in [6.45, 7) is 9.34. The fourth-order valence-electron chi connectivity index (χ4n) is 4.68. The van der Waals surface area contributed by atoms with E-state index in [0.717, 1.165) is 26.4 Å². The van der Waals surface area contributed by atoms with Crippen LogP contribution in [0.3, 0.4) is 0 Å². The summed E-state index contributed by atoms with van der Waals surface area (Å²) in [6, 6.07) is 25.5. The average Bonchev–Trinajstić information content (AvgIpc) is 3.04. The van der Waals surface area contributed by atoms with Crippen LogP contribution in [-0.2, 0) is 4.74 Å². The summed E-state index contributed by atoms with van der Waals surface area (Å²) in [7, 11) is 0. The predicted molar refractivity (Wildman–Crippen MR) is 185 cm³/mol. The molecule has 242 valence electrons. The van der Waals surface area contributed by atoms with Gasteiger partial charge in [0.2, 0.25) is 0 Å². The number of amides is 2. The molecule has 4 N–H and O–H groups in total. The molecule has 2 heterocycles. The van der Waals surface area contributed by atoms with Crippen molar-refractivity contribution in [2.75, 3.05) is 17.2 Å². The fraction of sp³-hybridized carbons (Fsp3) is 0.250. The zero-order chi connectivity index (χ0) is 33.6. The van der Waals surface area contributed by atoms with Crippen LogP contribution in [0.2, 0.25) is 0 Å². The molecule has 0 saturated heterocycles. The lowest BCUT2D eigenvalue weighted by molar-refractivity contribution is 0.0635. The summed E-state index contributed by atoms with van der Waals surface area (Å²) >= 11 is 1.48. The third kappa shape index (κ3) is 8.84. The van der Waals surface area contributed by atoms with Crippen molar-refractivity contribution in [1.29, 1.82) is 0 Å². The van der Waals surface area contributed by atoms with E-state index in [2.05, 4.69) is 39.8 Å². The number of carbonyl (C=O) groups excluding carboxylic acids is 2. The van der Waals surface area contributed by atoms with Gasteiger partial charge in [-0.1, -0.05) is 55.9 Å². The zero-order valence-electron chi connectivity index (χ0n) is 26.9. The normalized spacial score (nSPS) is 12.1. The molecule has 0 spiro atoms. The Morgan fingerprint density at radius 2 is 1.68 bits per heavy atom. The van der Waals surface area contributed by atoms with E-state index in [1.54, 1.807) is 24.3 Å². The minimum absolute atomic E-state index is 0.244. The minimum Gasteiger partial charge on any atom is -0.444 e. The Kier molecular flexibility index (Phi) is 10.4. The highest BCUT2D eigenvalue weighted by molar-refractivity contribution is 7.99. The molecule has 0 saturated carbocycles. The minimum atomic E-state index is -0.603. The largest absolute Gasteiger partial charge is 0.444 e. The standard InChI is InChI=1S/C36H38N6O4S/c1-22(2)28-17-16-27-32(40-28)37-21-38-33(27)41-29-19-24(34(44)42-30(20-43)23-9-7-6-8-10-23)11-18-31(29)47-26-14-12-25(13-15-26)39-35(45)46-36(3,4)5/h6-19,21-22,30,43H,20H2,1-5H3,(H,39,45)(H,42,44)(H,37,38,40,41). The molecule has 1 unspecified atom stereocenters. The quantitative estimate of drug-likeness (QED) is 0.119. The van der Waals surface area contributed by atoms with Gasteiger partial charge in [-0.2, -0.15) is 0 Å². The van der Waals surface area contributed by atoms with Crippen molar-refractivity contribution in [3.63, 3.8) is 0 Å². The van der Waals surface area contributed by atoms with E-state index in [9.17, 15) is 14.7 Å². The van der Waals surface area contributed by atoms with Gasteiger partial charge >= 0.3 is 6.09 Å². The van der Waals surface area contributed by atoms with Crippen LogP contribution in [0.5, 0.6) is 0 Å². The van der Waals surface area contributed by atoms with E-state index in [0.29, 0.717) is 28.4 Å². The van der Waals surface area contributed by atoms with Crippen molar-refractivity contribution in [2.24, 2.45) is 0 Å². The van der Waals surface area contributed by atoms with Gasteiger partial charge in [0.25, 0.3) is 5.91 Å². The molecule has 5 aromatic rings. The van der Waals surface area contributed by atoms with Crippen LogP contribution in [0, 0.1) is 0 Å². The lowest BCUT2D eigenvalue weighted by Gasteiger charge is -2.19. The Morgan fingerprint density at radius 1 is 0.936 bits per heavy atom. The van der Waals surface area contributed by atoms with Gasteiger partial charge in [-0.3, -0.25) is 10.1 Å². The number of aliphatic hydroxyl groups is 1. The number of aromatic nitrogens is 3. The van der Waals surface area contributed by atoms with Crippen molar-refractivity contribution < 1.29 is 19.4 Å². The monoisotopic (exact) mass is 650 g/mol. The summed E-state index contributed by atoms with van der Waals surface area (Å²) in [4.78, 5) is 41.0. The smallest absolute Gasteiger partial charge is 0.412 e. The highest BCUT2D eigenvalue weighted by atomic mass is 32.2. The van der Waals surface area contributed by atoms with Crippen LogP contribution in [0.15, 0.2) is 101 Å². The van der Waals surface area contributed by atoms with E-state index in [-0.39, 0.29) is 18.4 Å². The van der Waals surface area contributed by atoms with E-state index in [1.165, 1.54) is 18.1 Å². The number of hydrogen-bond acceptors (Lipinski definition) is 9. The van der Waals surface area contributed by atoms with E-state index in [4.69, 9.17) is 9.72 Å². The first-order valence-corrected chi connectivity index (χ1v) is 16.1. The second-order valence-corrected chi connectivity index (χ2v) is 13.3. The van der Waals surface area contributed by atoms with E-state index in [1.807, 2.05) is 81.4 Å². The van der Waals surface area contributed by atoms with Crippen molar-refractivity contribution in [2.45, 2.75) is 62.0 Å². The predicted octanol–water partition coefficient (Wildman–Crippen LogP) is 7.85. The molecule has 11 heteroatoms. The Morgan fingerprint density at radius 3 is 2.36 bits per heavy atom. The van der Waals surface area contributed by atoms with Crippen molar-refractivity contribution >= 4 is 52.0 Å². The van der Waals surface area contributed by atoms with Crippen LogP contribution >= 0.6 is 11.8 Å². The molecule has 0 aliphatic carbocycles. The van der Waals surface area contributed by atoms with Crippen LogP contribution in [0.25, 0.3) is 11.0 Å². The molecule has 0 radical (unpaired) electrons. The lowest BCUT2D eigenvalue weighted by atomic mass is 10.1. The number of hydrogen-bond donors (Lipinski definition) is 4. The maximum Gasteiger partial charge on any atom is 0.412 e. The summed E-state index contributed by atoms with van der Waals surface area (Å²) < 4.78 is 5.35. The fourth-order valence-corrected chi connectivity index (χ4v) is 5.56. The summed E-state index contributed by atoms with van der Waals surface area (Å²) in [5.41, 5.74) is 3.35. The van der Waals surface area contributed by atoms with Gasteiger partial charge in [-0.05, 0) is 86.8 Å². The third-order valence-electron chi connectivity index (χ3n) is 7.02. The molecule has 0 fully saturated rings. The molecule has 2 amide bonds. The number of anilines is 3. The van der Waals surface area contributed by atoms with Crippen molar-refractivity contribution in [3.05, 3.63) is 108 Å². The van der Waals surface area contributed by atoms with Gasteiger partial charge in [-0.25, -0.2) is 19.7 Å². The Balaban J connectivity index is 1.44. The number of nitrogens with one attached hydrogen (secondary N) is 3. The SMILES string of the molecule is CC(C)c1ccc2c(Nc3cc(C(=O)NC(CO)c4ccccc4)ccc3Sc3ccc(NC(=O)OC(C)(C)C)cc3)ncnc2n1. The molecule has 5 rings (SSSR count). The van der Waals surface area contributed by atoms with Crippen LogP contribution in [-0.4, -0.2) is 44.3 Å². The average molecular weight is 651 g/mol. The zero-order valence-corrected chi connectivity index (χ0v) is 27.8. The number of benzene rings is 3. The third-order valence-corrected chi connectivity index (χ3v) is 8.11. The highest BCUT2D eigenvalue weighted by Gasteiger charge is 2.19. The second-order valence-electron chi connectivity index (χ2n) is 12.2. The molecule has 10 nitrogen and oxygen atoms in total. The first-order valence-electron chi connectivity index (χ1n) is 15.3. The van der Waals surface area contributed by atoms with Crippen LogP contribution in [0.4, 0.5) is 22.0 Å². The molecular weight excluding hydrogens is 613 g/mol. The molecule has 0 aliphatic heterocycles. The summed E-state index contributed by atoms with van der Waals surface area (Å²) in [6.07, 6.45) is 0.939. The molecule has 3 aromatic carbocycles. The van der Waals surface area contributed by atoms with Crippen molar-refractivity contribution in [3.8, 4) is 0 Å². The number of pyridine rings is 1. The van der Waals surface area contributed by atoms with Gasteiger partial charge in [0.15, 0.2) is 5.65 Å². The Bertz CT molecular complexity index is 1860. The molecule has 47 heavy (non-hydrogen) atoms. The first kappa shape index (κ1) is 33.4. The number of nitrogens with zero attached hydrogens (tertiary/aromatic N) is 3. The van der Waals surface area contributed by atoms with Gasteiger partial charge in [0.1, 0.15) is 17.7 Å². The molecule has 0 aliphatic rings. The maximum atomic E-state index is 13.5. The molecular formula is C36H38N6O4S. The van der Waals surface area contributed by atoms with Crippen molar-refractivity contribution in [1.82, 2.24) is 20.3 Å². The molecule has 0 bridgehead atoms. The Labute approximate surface area is 278 Å². The summed E-state index contributed by atoms with van der Waals surface area (Å²) in [5, 5.41) is 19.9. The number of carbonyl (C=O) groups is 2. The second kappa shape index (κ2) is 14.6. The van der Waals surface area contributed by atoms with Crippen LogP contribution in [0.1, 0.15) is 68.2 Å². The number of ether oxygens (including phenoxy) is 1. The summed E-state index contributed by atoms with van der Waals surface area (Å²) in [5.74, 6) is 0.459. The lowest BCUT2D eigenvalue weighted by Crippen LogP contribution is -2.30. The van der Waals surface area contributed by atoms with Gasteiger partial charge < -0.3 is 20.5 Å².